The Kier molecular flexibility index (Phi) is 3.95. The maximum Gasteiger partial charge on any atom is 0.371 e. The van der Waals surface area contributed by atoms with Gasteiger partial charge in [0.1, 0.15) is 5.76 Å². The molecule has 1 unspecified atom stereocenters. The van der Waals surface area contributed by atoms with Gasteiger partial charge in [0.25, 0.3) is 0 Å². The van der Waals surface area contributed by atoms with E-state index in [1.807, 2.05) is 0 Å². The van der Waals surface area contributed by atoms with Crippen LogP contribution in [0.15, 0.2) is 16.5 Å². The summed E-state index contributed by atoms with van der Waals surface area (Å²) in [5, 5.41) is 13.8. The number of carbonyl (C=O) groups is 2. The van der Waals surface area contributed by atoms with Crippen LogP contribution in [0.25, 0.3) is 0 Å². The number of aromatic carboxylic acids is 1. The molecule has 0 bridgehead atoms. The number of carbonyl (C=O) groups excluding carboxylic acids is 1. The number of carboxylic acids is 1. The van der Waals surface area contributed by atoms with E-state index >= 15 is 0 Å². The van der Waals surface area contributed by atoms with Crippen LogP contribution in [0.1, 0.15) is 29.7 Å². The monoisotopic (exact) mass is 316 g/mol. The van der Waals surface area contributed by atoms with Gasteiger partial charge in [-0.25, -0.2) is 18.0 Å². The van der Waals surface area contributed by atoms with E-state index in [4.69, 9.17) is 9.52 Å². The first-order valence-electron chi connectivity index (χ1n) is 6.28. The van der Waals surface area contributed by atoms with Crippen LogP contribution in [0.4, 0.5) is 4.79 Å². The van der Waals surface area contributed by atoms with Crippen molar-refractivity contribution in [1.29, 1.82) is 0 Å². The summed E-state index contributed by atoms with van der Waals surface area (Å²) >= 11 is 0. The topological polar surface area (TPSA) is 126 Å². The van der Waals surface area contributed by atoms with Crippen molar-refractivity contribution in [1.82, 2.24) is 10.6 Å². The minimum Gasteiger partial charge on any atom is -0.475 e. The number of hydrogen-bond acceptors (Lipinski definition) is 5. The fraction of sp³-hybridized carbons (Fsp3) is 0.500. The lowest BCUT2D eigenvalue weighted by Crippen LogP contribution is -2.50. The van der Waals surface area contributed by atoms with Gasteiger partial charge in [-0.3, -0.25) is 0 Å². The summed E-state index contributed by atoms with van der Waals surface area (Å²) in [6, 6.07) is 2.22. The molecule has 2 amide bonds. The van der Waals surface area contributed by atoms with Crippen molar-refractivity contribution in [3.8, 4) is 0 Å². The fourth-order valence-corrected chi connectivity index (χ4v) is 4.28. The molecule has 116 valence electrons. The molecule has 0 saturated carbocycles. The third-order valence-corrected chi connectivity index (χ3v) is 5.12. The highest BCUT2D eigenvalue weighted by Gasteiger charge is 2.39. The molecule has 2 heterocycles. The van der Waals surface area contributed by atoms with Gasteiger partial charge in [-0.05, 0) is 25.5 Å². The van der Waals surface area contributed by atoms with Crippen LogP contribution in [0.3, 0.4) is 0 Å². The number of hydrogen-bond donors (Lipinski definition) is 3. The smallest absolute Gasteiger partial charge is 0.371 e. The Hall–Kier alpha value is -2.03. The Morgan fingerprint density at radius 1 is 1.43 bits per heavy atom. The second-order valence-corrected chi connectivity index (χ2v) is 7.47. The molecular formula is C12H16N2O6S. The van der Waals surface area contributed by atoms with Gasteiger partial charge >= 0.3 is 12.0 Å². The number of amides is 2. The van der Waals surface area contributed by atoms with Crippen molar-refractivity contribution >= 4 is 21.8 Å². The number of urea groups is 1. The zero-order chi connectivity index (χ0) is 15.7. The molecule has 1 aromatic rings. The lowest BCUT2D eigenvalue weighted by Gasteiger charge is -2.23. The average molecular weight is 316 g/mol. The minimum atomic E-state index is -3.10. The maximum absolute atomic E-state index is 11.8. The number of rotatable bonds is 4. The van der Waals surface area contributed by atoms with Gasteiger partial charge in [-0.1, -0.05) is 0 Å². The molecule has 9 heteroatoms. The molecule has 1 saturated heterocycles. The first kappa shape index (κ1) is 15.4. The molecule has 1 aliphatic rings. The maximum atomic E-state index is 11.8. The third-order valence-electron chi connectivity index (χ3n) is 3.21. The zero-order valence-corrected chi connectivity index (χ0v) is 12.2. The largest absolute Gasteiger partial charge is 0.475 e. The van der Waals surface area contributed by atoms with E-state index in [1.54, 1.807) is 6.92 Å². The van der Waals surface area contributed by atoms with Crippen LogP contribution in [0.5, 0.6) is 0 Å². The van der Waals surface area contributed by atoms with Gasteiger partial charge in [0, 0.05) is 0 Å². The van der Waals surface area contributed by atoms with Crippen LogP contribution < -0.4 is 10.6 Å². The summed E-state index contributed by atoms with van der Waals surface area (Å²) in [5.41, 5.74) is -0.779. The summed E-state index contributed by atoms with van der Waals surface area (Å²) in [5.74, 6) is -1.12. The number of nitrogens with one attached hydrogen (secondary N) is 2. The highest BCUT2D eigenvalue weighted by atomic mass is 32.2. The van der Waals surface area contributed by atoms with E-state index in [1.165, 1.54) is 12.1 Å². The Balaban J connectivity index is 1.86. The average Bonchev–Trinajstić information content (AvgIpc) is 2.91. The number of carboxylic acid groups (broad SMARTS) is 1. The first-order chi connectivity index (χ1) is 9.69. The van der Waals surface area contributed by atoms with Crippen LogP contribution >= 0.6 is 0 Å². The van der Waals surface area contributed by atoms with Gasteiger partial charge in [-0.15, -0.1) is 0 Å². The molecule has 2 rings (SSSR count). The van der Waals surface area contributed by atoms with Crippen molar-refractivity contribution in [2.75, 3.05) is 11.5 Å². The van der Waals surface area contributed by atoms with E-state index in [0.717, 1.165) is 0 Å². The van der Waals surface area contributed by atoms with E-state index in [9.17, 15) is 18.0 Å². The number of sulfone groups is 1. The molecule has 21 heavy (non-hydrogen) atoms. The molecule has 1 fully saturated rings. The molecule has 0 spiro atoms. The van der Waals surface area contributed by atoms with Crippen molar-refractivity contribution in [3.63, 3.8) is 0 Å². The first-order valence-corrected chi connectivity index (χ1v) is 8.10. The molecule has 0 aliphatic carbocycles. The van der Waals surface area contributed by atoms with Crippen molar-refractivity contribution in [3.05, 3.63) is 23.7 Å². The van der Waals surface area contributed by atoms with Crippen molar-refractivity contribution in [2.24, 2.45) is 0 Å². The Labute approximate surface area is 121 Å². The summed E-state index contributed by atoms with van der Waals surface area (Å²) in [6.07, 6.45) is 0.368. The van der Waals surface area contributed by atoms with E-state index < -0.39 is 27.4 Å². The van der Waals surface area contributed by atoms with Gasteiger partial charge in [-0.2, -0.15) is 0 Å². The van der Waals surface area contributed by atoms with Crippen LogP contribution in [0, 0.1) is 0 Å². The quantitative estimate of drug-likeness (QED) is 0.736. The normalized spacial score (nSPS) is 23.7. The molecule has 1 atom stereocenters. The standard InChI is InChI=1S/C12H16N2O6S/c1-12(4-5-21(18,19)7-12)14-11(17)13-6-8-2-3-9(20-8)10(15)16/h2-3H,4-7H2,1H3,(H,15,16)(H2,13,14,17). The molecule has 0 radical (unpaired) electrons. The van der Waals surface area contributed by atoms with Gasteiger partial charge in [0.05, 0.1) is 23.6 Å². The summed E-state index contributed by atoms with van der Waals surface area (Å²) in [7, 11) is -3.10. The lowest BCUT2D eigenvalue weighted by molar-refractivity contribution is 0.0660. The highest BCUT2D eigenvalue weighted by molar-refractivity contribution is 7.91. The zero-order valence-electron chi connectivity index (χ0n) is 11.4. The molecule has 8 nitrogen and oxygen atoms in total. The second kappa shape index (κ2) is 5.40. The Bertz CT molecular complexity index is 665. The van der Waals surface area contributed by atoms with Gasteiger partial charge in [0.2, 0.25) is 5.76 Å². The molecular weight excluding hydrogens is 300 g/mol. The molecule has 1 aromatic heterocycles. The number of furan rings is 1. The second-order valence-electron chi connectivity index (χ2n) is 5.28. The minimum absolute atomic E-state index is 0.0158. The highest BCUT2D eigenvalue weighted by Crippen LogP contribution is 2.22. The fourth-order valence-electron chi connectivity index (χ4n) is 2.18. The molecule has 0 aromatic carbocycles. The Morgan fingerprint density at radius 3 is 2.67 bits per heavy atom. The van der Waals surface area contributed by atoms with Crippen LogP contribution in [-0.2, 0) is 16.4 Å². The van der Waals surface area contributed by atoms with Crippen LogP contribution in [-0.4, -0.2) is 42.6 Å². The SMILES string of the molecule is CC1(NC(=O)NCc2ccc(C(=O)O)o2)CCS(=O)(=O)C1. The summed E-state index contributed by atoms with van der Waals surface area (Å²) < 4.78 is 27.8. The van der Waals surface area contributed by atoms with E-state index in [2.05, 4.69) is 10.6 Å². The molecule has 3 N–H and O–H groups in total. The Morgan fingerprint density at radius 2 is 2.14 bits per heavy atom. The van der Waals surface area contributed by atoms with Crippen molar-refractivity contribution < 1.29 is 27.5 Å². The van der Waals surface area contributed by atoms with Crippen LogP contribution in [0.2, 0.25) is 0 Å². The third kappa shape index (κ3) is 3.97. The van der Waals surface area contributed by atoms with Crippen molar-refractivity contribution in [2.45, 2.75) is 25.4 Å². The summed E-state index contributed by atoms with van der Waals surface area (Å²) in [6.45, 7) is 1.69. The van der Waals surface area contributed by atoms with Gasteiger partial charge in [0.15, 0.2) is 9.84 Å². The summed E-state index contributed by atoms with van der Waals surface area (Å²) in [4.78, 5) is 22.4. The van der Waals surface area contributed by atoms with Gasteiger partial charge < -0.3 is 20.2 Å². The van der Waals surface area contributed by atoms with E-state index in [0.29, 0.717) is 12.2 Å². The molecule has 1 aliphatic heterocycles. The lowest BCUT2D eigenvalue weighted by atomic mass is 10.0. The van der Waals surface area contributed by atoms with E-state index in [-0.39, 0.29) is 23.8 Å². The predicted molar refractivity (Wildman–Crippen MR) is 72.7 cm³/mol. The predicted octanol–water partition coefficient (Wildman–Crippen LogP) is 0.354.